The molecule has 1 aromatic carbocycles. The number of aliphatic hydroxyl groups is 1. The number of aldehydes is 1. The van der Waals surface area contributed by atoms with Crippen LogP contribution >= 0.6 is 11.6 Å². The minimum Gasteiger partial charge on any atom is -0.444 e. The highest BCUT2D eigenvalue weighted by Crippen LogP contribution is 2.47. The summed E-state index contributed by atoms with van der Waals surface area (Å²) in [6.45, 7) is 14.8. The van der Waals surface area contributed by atoms with Crippen molar-refractivity contribution in [3.05, 3.63) is 34.9 Å². The van der Waals surface area contributed by atoms with Crippen LogP contribution in [0.4, 0.5) is 4.79 Å². The van der Waals surface area contributed by atoms with E-state index in [2.05, 4.69) is 0 Å². The topological polar surface area (TPSA) is 90.4 Å². The number of amides is 2. The van der Waals surface area contributed by atoms with Crippen molar-refractivity contribution in [2.45, 2.75) is 85.0 Å². The predicted molar refractivity (Wildman–Crippen MR) is 147 cm³/mol. The zero-order chi connectivity index (χ0) is 28.5. The fourth-order valence-electron chi connectivity index (χ4n) is 5.57. The van der Waals surface area contributed by atoms with Crippen molar-refractivity contribution in [1.29, 1.82) is 0 Å². The number of piperidine rings is 2. The van der Waals surface area contributed by atoms with Crippen molar-refractivity contribution in [1.82, 2.24) is 14.9 Å². The van der Waals surface area contributed by atoms with Crippen LogP contribution < -0.4 is 0 Å². The first-order valence-electron chi connectivity index (χ1n) is 13.6. The average molecular weight is 550 g/mol. The molecular formula is C29H44ClN3O5. The lowest BCUT2D eigenvalue weighted by Gasteiger charge is -2.54. The van der Waals surface area contributed by atoms with Crippen molar-refractivity contribution in [2.75, 3.05) is 26.2 Å². The van der Waals surface area contributed by atoms with Crippen molar-refractivity contribution >= 4 is 29.9 Å². The van der Waals surface area contributed by atoms with Crippen LogP contribution in [-0.2, 0) is 19.9 Å². The molecule has 2 heterocycles. The second kappa shape index (κ2) is 11.5. The highest BCUT2D eigenvalue weighted by Gasteiger charge is 2.51. The summed E-state index contributed by atoms with van der Waals surface area (Å²) in [7, 11) is 0. The Hall–Kier alpha value is -2.16. The Morgan fingerprint density at radius 3 is 2.34 bits per heavy atom. The Morgan fingerprint density at radius 1 is 1.18 bits per heavy atom. The number of hydrogen-bond donors (Lipinski definition) is 1. The van der Waals surface area contributed by atoms with Gasteiger partial charge < -0.3 is 19.5 Å². The summed E-state index contributed by atoms with van der Waals surface area (Å²) in [5.41, 5.74) is -1.62. The molecule has 8 nitrogen and oxygen atoms in total. The highest BCUT2D eigenvalue weighted by atomic mass is 35.5. The Morgan fingerprint density at radius 2 is 1.82 bits per heavy atom. The Labute approximate surface area is 232 Å². The predicted octanol–water partition coefficient (Wildman–Crippen LogP) is 4.87. The van der Waals surface area contributed by atoms with Crippen LogP contribution in [0.15, 0.2) is 24.3 Å². The fraction of sp³-hybridized carbons (Fsp3) is 0.690. The number of carbonyl (C=O) groups excluding carboxylic acids is 3. The van der Waals surface area contributed by atoms with Gasteiger partial charge >= 0.3 is 6.09 Å². The molecule has 3 rings (SSSR count). The van der Waals surface area contributed by atoms with Gasteiger partial charge in [-0.3, -0.25) is 9.80 Å². The smallest absolute Gasteiger partial charge is 0.410 e. The third-order valence-electron chi connectivity index (χ3n) is 7.81. The third kappa shape index (κ3) is 6.52. The molecule has 0 aliphatic carbocycles. The van der Waals surface area contributed by atoms with Crippen LogP contribution in [0.5, 0.6) is 0 Å². The van der Waals surface area contributed by atoms with E-state index in [0.29, 0.717) is 43.9 Å². The number of hydrogen-bond acceptors (Lipinski definition) is 6. The van der Waals surface area contributed by atoms with Crippen molar-refractivity contribution < 1.29 is 24.2 Å². The number of nitrogens with zero attached hydrogens (tertiary/aromatic N) is 3. The SMILES string of the molecule is CC(C)[C@H](C=O)N(C(=O)[C@@H]1CCCN(C(=O)OC(C)(C)C)C1)N1CC[C@](O)(c2ccc(Cl)cc2)C(C)(C)C1. The van der Waals surface area contributed by atoms with E-state index >= 15 is 0 Å². The molecule has 9 heteroatoms. The van der Waals surface area contributed by atoms with Crippen LogP contribution in [-0.4, -0.2) is 76.1 Å². The van der Waals surface area contributed by atoms with E-state index in [1.807, 2.05) is 65.6 Å². The number of carbonyl (C=O) groups is 3. The number of rotatable bonds is 6. The van der Waals surface area contributed by atoms with Crippen LogP contribution in [0.3, 0.4) is 0 Å². The molecule has 0 aromatic heterocycles. The average Bonchev–Trinajstić information content (AvgIpc) is 2.83. The summed E-state index contributed by atoms with van der Waals surface area (Å²) in [4.78, 5) is 40.8. The molecule has 0 unspecified atom stereocenters. The monoisotopic (exact) mass is 549 g/mol. The van der Waals surface area contributed by atoms with Gasteiger partial charge in [0.25, 0.3) is 0 Å². The van der Waals surface area contributed by atoms with E-state index in [-0.39, 0.29) is 18.4 Å². The van der Waals surface area contributed by atoms with Crippen LogP contribution in [0.2, 0.25) is 5.02 Å². The molecular weight excluding hydrogens is 506 g/mol. The zero-order valence-electron chi connectivity index (χ0n) is 23.9. The number of benzene rings is 1. The molecule has 1 aromatic rings. The fourth-order valence-corrected chi connectivity index (χ4v) is 5.70. The summed E-state index contributed by atoms with van der Waals surface area (Å²) in [5.74, 6) is -0.725. The summed E-state index contributed by atoms with van der Waals surface area (Å²) in [5, 5.41) is 16.0. The molecule has 2 fully saturated rings. The normalized spacial score (nSPS) is 25.1. The molecule has 2 amide bonds. The van der Waals surface area contributed by atoms with E-state index in [9.17, 15) is 19.5 Å². The van der Waals surface area contributed by atoms with E-state index < -0.39 is 34.7 Å². The summed E-state index contributed by atoms with van der Waals surface area (Å²) < 4.78 is 5.55. The molecule has 3 atom stereocenters. The number of ether oxygens (including phenoxy) is 1. The molecule has 38 heavy (non-hydrogen) atoms. The van der Waals surface area contributed by atoms with E-state index in [1.165, 1.54) is 0 Å². The zero-order valence-corrected chi connectivity index (χ0v) is 24.6. The van der Waals surface area contributed by atoms with Crippen molar-refractivity contribution in [2.24, 2.45) is 17.3 Å². The maximum Gasteiger partial charge on any atom is 0.410 e. The van der Waals surface area contributed by atoms with Gasteiger partial charge in [0.05, 0.1) is 11.5 Å². The van der Waals surface area contributed by atoms with Gasteiger partial charge in [0.2, 0.25) is 5.91 Å². The first kappa shape index (κ1) is 30.4. The quantitative estimate of drug-likeness (QED) is 0.509. The molecule has 0 radical (unpaired) electrons. The number of halogens is 1. The molecule has 1 N–H and O–H groups in total. The molecule has 0 saturated carbocycles. The molecule has 212 valence electrons. The van der Waals surface area contributed by atoms with Crippen LogP contribution in [0.25, 0.3) is 0 Å². The summed E-state index contributed by atoms with van der Waals surface area (Å²) in [6.07, 6.45) is 2.10. The lowest BCUT2D eigenvalue weighted by atomic mass is 9.67. The number of hydrazine groups is 1. The Balaban J connectivity index is 1.87. The van der Waals surface area contributed by atoms with Crippen LogP contribution in [0.1, 0.15) is 73.3 Å². The van der Waals surface area contributed by atoms with E-state index in [4.69, 9.17) is 16.3 Å². The van der Waals surface area contributed by atoms with E-state index in [1.54, 1.807) is 22.0 Å². The van der Waals surface area contributed by atoms with Gasteiger partial charge in [-0.1, -0.05) is 51.4 Å². The lowest BCUT2D eigenvalue weighted by Crippen LogP contribution is -2.65. The largest absolute Gasteiger partial charge is 0.444 e. The Kier molecular flexibility index (Phi) is 9.21. The summed E-state index contributed by atoms with van der Waals surface area (Å²) in [6, 6.07) is 6.58. The van der Waals surface area contributed by atoms with Crippen LogP contribution in [0, 0.1) is 17.3 Å². The molecule has 0 spiro atoms. The maximum absolute atomic E-state index is 14.1. The second-order valence-electron chi connectivity index (χ2n) is 12.7. The first-order valence-corrected chi connectivity index (χ1v) is 14.0. The molecule has 0 bridgehead atoms. The van der Waals surface area contributed by atoms with Crippen molar-refractivity contribution in [3.63, 3.8) is 0 Å². The Bertz CT molecular complexity index is 1010. The summed E-state index contributed by atoms with van der Waals surface area (Å²) >= 11 is 6.08. The first-order chi connectivity index (χ1) is 17.6. The second-order valence-corrected chi connectivity index (χ2v) is 13.1. The lowest BCUT2D eigenvalue weighted by molar-refractivity contribution is -0.198. The van der Waals surface area contributed by atoms with Gasteiger partial charge in [-0.15, -0.1) is 0 Å². The minimum atomic E-state index is -1.13. The highest BCUT2D eigenvalue weighted by molar-refractivity contribution is 6.30. The molecule has 2 aliphatic rings. The van der Waals surface area contributed by atoms with Gasteiger partial charge in [-0.25, -0.2) is 9.80 Å². The van der Waals surface area contributed by atoms with Gasteiger partial charge in [0, 0.05) is 36.6 Å². The van der Waals surface area contributed by atoms with Crippen molar-refractivity contribution in [3.8, 4) is 0 Å². The van der Waals surface area contributed by atoms with Gasteiger partial charge in [-0.05, 0) is 63.6 Å². The van der Waals surface area contributed by atoms with Gasteiger partial charge in [0.1, 0.15) is 17.9 Å². The van der Waals surface area contributed by atoms with Gasteiger partial charge in [0.15, 0.2) is 0 Å². The minimum absolute atomic E-state index is 0.109. The molecule has 2 aliphatic heterocycles. The molecule has 2 saturated heterocycles. The van der Waals surface area contributed by atoms with E-state index in [0.717, 1.165) is 11.8 Å². The maximum atomic E-state index is 14.1. The number of likely N-dealkylation sites (tertiary alicyclic amines) is 1. The van der Waals surface area contributed by atoms with Gasteiger partial charge in [-0.2, -0.15) is 0 Å². The third-order valence-corrected chi connectivity index (χ3v) is 8.06. The standard InChI is InChI=1S/C29H44ClN3O5/c1-20(2)24(18-34)33(25(35)21-9-8-15-31(17-21)26(36)38-27(3,4)5)32-16-14-29(37,28(6,7)19-32)22-10-12-23(30)13-11-22/h10-13,18,20-21,24,37H,8-9,14-17,19H2,1-7H3/t21-,24+,29+/m1/s1.